The largest absolute Gasteiger partial charge is 0.287 e. The van der Waals surface area contributed by atoms with Gasteiger partial charge in [0.05, 0.1) is 11.9 Å². The molecular weight excluding hydrogens is 326 g/mol. The van der Waals surface area contributed by atoms with Crippen LogP contribution in [0.1, 0.15) is 17.2 Å². The molecule has 3 aliphatic rings. The molecule has 2 aromatic carbocycles. The fourth-order valence-electron chi connectivity index (χ4n) is 4.72. The molecule has 5 heteroatoms. The number of nitrogens with zero attached hydrogens (tertiary/aromatic N) is 2. The molecule has 5 nitrogen and oxygen atoms in total. The molecule has 2 aromatic rings. The molecule has 3 aliphatic heterocycles. The van der Waals surface area contributed by atoms with Gasteiger partial charge < -0.3 is 0 Å². The second kappa shape index (κ2) is 5.38. The third kappa shape index (κ3) is 1.82. The number of rotatable bonds is 1. The maximum Gasteiger partial charge on any atom is 0.245 e. The monoisotopic (exact) mass is 342 g/mol. The number of carbonyl (C=O) groups is 2. The summed E-state index contributed by atoms with van der Waals surface area (Å²) in [6, 6.07) is 18.4. The lowest BCUT2D eigenvalue weighted by Crippen LogP contribution is -3.10. The average molecular weight is 342 g/mol. The van der Waals surface area contributed by atoms with E-state index in [2.05, 4.69) is 6.07 Å². The number of nitriles is 1. The molecule has 3 heterocycles. The van der Waals surface area contributed by atoms with E-state index < -0.39 is 17.9 Å². The molecule has 2 fully saturated rings. The van der Waals surface area contributed by atoms with E-state index in [-0.39, 0.29) is 17.9 Å². The minimum atomic E-state index is -0.608. The van der Waals surface area contributed by atoms with E-state index in [0.717, 1.165) is 16.0 Å². The third-order valence-electron chi connectivity index (χ3n) is 5.77. The number of anilines is 1. The normalized spacial score (nSPS) is 31.3. The van der Waals surface area contributed by atoms with Crippen LogP contribution in [0.5, 0.6) is 0 Å². The van der Waals surface area contributed by atoms with Crippen molar-refractivity contribution in [1.29, 1.82) is 5.26 Å². The first-order valence-corrected chi connectivity index (χ1v) is 8.68. The van der Waals surface area contributed by atoms with Crippen molar-refractivity contribution >= 4 is 23.6 Å². The maximum atomic E-state index is 13.3. The Morgan fingerprint density at radius 1 is 0.923 bits per heavy atom. The van der Waals surface area contributed by atoms with E-state index >= 15 is 0 Å². The van der Waals surface area contributed by atoms with Crippen LogP contribution in [0.25, 0.3) is 6.08 Å². The summed E-state index contributed by atoms with van der Waals surface area (Å²) in [7, 11) is 0. The van der Waals surface area contributed by atoms with Gasteiger partial charge in [0.25, 0.3) is 0 Å². The van der Waals surface area contributed by atoms with Gasteiger partial charge in [-0.3, -0.25) is 14.5 Å². The van der Waals surface area contributed by atoms with Gasteiger partial charge in [-0.25, -0.2) is 4.90 Å². The smallest absolute Gasteiger partial charge is 0.245 e. The van der Waals surface area contributed by atoms with E-state index in [0.29, 0.717) is 5.69 Å². The summed E-state index contributed by atoms with van der Waals surface area (Å²) in [5.41, 5.74) is 2.67. The Hall–Kier alpha value is -3.23. The SMILES string of the molecule is N#C[C@@H]1[C@@H]2C(=O)N(c3ccccc3)C(=O)[C@@H]2[C@@H]2c3ccccc3C=C[NH+]12. The summed E-state index contributed by atoms with van der Waals surface area (Å²) in [4.78, 5) is 28.6. The van der Waals surface area contributed by atoms with Gasteiger partial charge in [-0.15, -0.1) is 0 Å². The Kier molecular flexibility index (Phi) is 3.12. The molecule has 1 N–H and O–H groups in total. The standard InChI is InChI=1S/C21H15N3O2/c22-12-16-17-18(19-15-9-5-4-6-13(15)10-11-23(16)19)21(26)24(20(17)25)14-7-2-1-3-8-14/h1-11,16-19H/p+1/t16-,17+,18+,19+/m1/s1. The minimum absolute atomic E-state index is 0.198. The van der Waals surface area contributed by atoms with Crippen LogP contribution < -0.4 is 9.80 Å². The van der Waals surface area contributed by atoms with Crippen LogP contribution in [0.15, 0.2) is 60.8 Å². The number of amides is 2. The summed E-state index contributed by atoms with van der Waals surface area (Å²) in [5.74, 6) is -1.57. The van der Waals surface area contributed by atoms with E-state index in [1.54, 1.807) is 12.1 Å². The first-order valence-electron chi connectivity index (χ1n) is 8.68. The quantitative estimate of drug-likeness (QED) is 0.795. The lowest BCUT2D eigenvalue weighted by Gasteiger charge is -2.28. The van der Waals surface area contributed by atoms with Crippen molar-refractivity contribution in [3.63, 3.8) is 0 Å². The van der Waals surface area contributed by atoms with Gasteiger partial charge in [-0.05, 0) is 23.8 Å². The van der Waals surface area contributed by atoms with E-state index in [9.17, 15) is 14.9 Å². The van der Waals surface area contributed by atoms with Crippen LogP contribution in [0.3, 0.4) is 0 Å². The van der Waals surface area contributed by atoms with Crippen LogP contribution in [-0.2, 0) is 9.59 Å². The topological polar surface area (TPSA) is 65.6 Å². The number of imide groups is 1. The lowest BCUT2D eigenvalue weighted by molar-refractivity contribution is -0.885. The molecule has 2 amide bonds. The Morgan fingerprint density at radius 2 is 1.62 bits per heavy atom. The van der Waals surface area contributed by atoms with Crippen molar-refractivity contribution in [3.05, 3.63) is 71.9 Å². The van der Waals surface area contributed by atoms with Crippen molar-refractivity contribution in [1.82, 2.24) is 0 Å². The zero-order chi connectivity index (χ0) is 17.8. The average Bonchev–Trinajstić information content (AvgIpc) is 3.15. The van der Waals surface area contributed by atoms with Crippen molar-refractivity contribution in [2.24, 2.45) is 11.8 Å². The first-order chi connectivity index (χ1) is 12.7. The number of nitrogens with one attached hydrogen (secondary N) is 1. The number of para-hydroxylation sites is 1. The fraction of sp³-hybridized carbons (Fsp3) is 0.190. The minimum Gasteiger partial charge on any atom is -0.287 e. The van der Waals surface area contributed by atoms with Gasteiger partial charge in [-0.1, -0.05) is 42.5 Å². The van der Waals surface area contributed by atoms with Crippen LogP contribution in [0, 0.1) is 23.2 Å². The van der Waals surface area contributed by atoms with Gasteiger partial charge in [0.1, 0.15) is 23.9 Å². The van der Waals surface area contributed by atoms with Crippen LogP contribution in [-0.4, -0.2) is 17.9 Å². The van der Waals surface area contributed by atoms with E-state index in [4.69, 9.17) is 0 Å². The number of fused-ring (bicyclic) bond motifs is 5. The van der Waals surface area contributed by atoms with Gasteiger partial charge in [-0.2, -0.15) is 5.26 Å². The molecule has 1 unspecified atom stereocenters. The maximum absolute atomic E-state index is 13.3. The highest BCUT2D eigenvalue weighted by molar-refractivity contribution is 6.22. The summed E-state index contributed by atoms with van der Waals surface area (Å²) in [6.07, 6.45) is 3.92. The Labute approximate surface area is 150 Å². The number of hydrogen-bond acceptors (Lipinski definition) is 3. The van der Waals surface area contributed by atoms with Crippen molar-refractivity contribution in [2.45, 2.75) is 12.1 Å². The molecule has 0 aromatic heterocycles. The van der Waals surface area contributed by atoms with Crippen LogP contribution in [0.4, 0.5) is 5.69 Å². The number of quaternary nitrogens is 1. The highest BCUT2D eigenvalue weighted by Gasteiger charge is 2.66. The zero-order valence-electron chi connectivity index (χ0n) is 13.9. The summed E-state index contributed by atoms with van der Waals surface area (Å²) < 4.78 is 0. The van der Waals surface area contributed by atoms with Gasteiger partial charge in [0, 0.05) is 5.56 Å². The van der Waals surface area contributed by atoms with Gasteiger partial charge in [0.2, 0.25) is 11.8 Å². The molecule has 126 valence electrons. The number of benzene rings is 2. The van der Waals surface area contributed by atoms with Crippen molar-refractivity contribution in [2.75, 3.05) is 4.90 Å². The second-order valence-corrected chi connectivity index (χ2v) is 6.95. The van der Waals surface area contributed by atoms with Gasteiger partial charge in [0.15, 0.2) is 6.04 Å². The predicted octanol–water partition coefficient (Wildman–Crippen LogP) is 1.31. The summed E-state index contributed by atoms with van der Waals surface area (Å²) in [5, 5.41) is 9.77. The molecule has 0 bridgehead atoms. The highest BCUT2D eigenvalue weighted by atomic mass is 16.2. The zero-order valence-corrected chi connectivity index (χ0v) is 13.9. The number of hydrogen-bond donors (Lipinski definition) is 1. The van der Waals surface area contributed by atoms with Gasteiger partial charge >= 0.3 is 0 Å². The molecule has 26 heavy (non-hydrogen) atoms. The van der Waals surface area contributed by atoms with E-state index in [1.165, 1.54) is 4.90 Å². The fourth-order valence-corrected chi connectivity index (χ4v) is 4.72. The molecule has 0 spiro atoms. The second-order valence-electron chi connectivity index (χ2n) is 6.95. The first kappa shape index (κ1) is 15.1. The molecule has 2 saturated heterocycles. The van der Waals surface area contributed by atoms with E-state index in [1.807, 2.05) is 54.7 Å². The van der Waals surface area contributed by atoms with Crippen LogP contribution >= 0.6 is 0 Å². The molecular formula is C21H16N3O2+. The molecule has 0 aliphatic carbocycles. The number of carbonyl (C=O) groups excluding carboxylic acids is 2. The Balaban J connectivity index is 1.65. The predicted molar refractivity (Wildman–Crippen MR) is 94.5 cm³/mol. The highest BCUT2D eigenvalue weighted by Crippen LogP contribution is 2.44. The lowest BCUT2D eigenvalue weighted by atomic mass is 9.85. The molecule has 5 rings (SSSR count). The Morgan fingerprint density at radius 3 is 2.38 bits per heavy atom. The van der Waals surface area contributed by atoms with Crippen molar-refractivity contribution in [3.8, 4) is 6.07 Å². The van der Waals surface area contributed by atoms with Crippen LogP contribution in [0.2, 0.25) is 0 Å². The molecule has 0 radical (unpaired) electrons. The Bertz CT molecular complexity index is 992. The van der Waals surface area contributed by atoms with Crippen molar-refractivity contribution < 1.29 is 14.5 Å². The third-order valence-corrected chi connectivity index (χ3v) is 5.77. The summed E-state index contributed by atoms with van der Waals surface area (Å²) >= 11 is 0. The summed E-state index contributed by atoms with van der Waals surface area (Å²) in [6.45, 7) is 0. The molecule has 5 atom stereocenters. The molecule has 0 saturated carbocycles.